The van der Waals surface area contributed by atoms with Gasteiger partial charge in [-0.25, -0.2) is 8.78 Å². The van der Waals surface area contributed by atoms with Crippen molar-refractivity contribution in [2.45, 2.75) is 32.3 Å². The molecule has 0 amide bonds. The molecule has 4 heteroatoms. The molecule has 0 aliphatic heterocycles. The maximum absolute atomic E-state index is 12.8. The van der Waals surface area contributed by atoms with E-state index in [4.69, 9.17) is 0 Å². The van der Waals surface area contributed by atoms with Crippen LogP contribution in [0.3, 0.4) is 0 Å². The summed E-state index contributed by atoms with van der Waals surface area (Å²) < 4.78 is 25.5. The lowest BCUT2D eigenvalue weighted by molar-refractivity contribution is -0.0293. The van der Waals surface area contributed by atoms with Crippen LogP contribution >= 0.6 is 0 Å². The zero-order valence-electron chi connectivity index (χ0n) is 12.0. The lowest BCUT2D eigenvalue weighted by atomic mass is 9.79. The van der Waals surface area contributed by atoms with Crippen LogP contribution in [-0.4, -0.2) is 30.6 Å². The Morgan fingerprint density at radius 1 is 1.32 bits per heavy atom. The average Bonchev–Trinajstić information content (AvgIpc) is 2.37. The van der Waals surface area contributed by atoms with Crippen LogP contribution in [-0.2, 0) is 5.60 Å². The lowest BCUT2D eigenvalue weighted by Gasteiger charge is -2.35. The van der Waals surface area contributed by atoms with E-state index >= 15 is 0 Å². The molecule has 0 heterocycles. The Balaban J connectivity index is 3.10. The molecule has 0 aliphatic rings. The first-order valence-electron chi connectivity index (χ1n) is 6.57. The van der Waals surface area contributed by atoms with E-state index in [1.807, 2.05) is 32.8 Å². The van der Waals surface area contributed by atoms with Crippen molar-refractivity contribution in [1.29, 1.82) is 0 Å². The quantitative estimate of drug-likeness (QED) is 0.857. The van der Waals surface area contributed by atoms with Crippen molar-refractivity contribution in [3.05, 3.63) is 35.4 Å². The molecule has 0 aromatic heterocycles. The van der Waals surface area contributed by atoms with Crippen molar-refractivity contribution >= 4 is 0 Å². The van der Waals surface area contributed by atoms with Crippen molar-refractivity contribution in [3.8, 4) is 0 Å². The van der Waals surface area contributed by atoms with Gasteiger partial charge in [0.2, 0.25) is 0 Å². The van der Waals surface area contributed by atoms with Gasteiger partial charge in [0.05, 0.1) is 5.60 Å². The van der Waals surface area contributed by atoms with E-state index < -0.39 is 12.0 Å². The summed E-state index contributed by atoms with van der Waals surface area (Å²) in [5, 5.41) is 10.8. The third-order valence-electron chi connectivity index (χ3n) is 3.63. The molecule has 1 aromatic carbocycles. The molecule has 2 atom stereocenters. The normalized spacial score (nSPS) is 16.7. The van der Waals surface area contributed by atoms with Crippen LogP contribution in [0.15, 0.2) is 24.3 Å². The summed E-state index contributed by atoms with van der Waals surface area (Å²) in [6.45, 7) is 4.52. The van der Waals surface area contributed by atoms with E-state index in [-0.39, 0.29) is 11.5 Å². The topological polar surface area (TPSA) is 23.5 Å². The predicted molar refractivity (Wildman–Crippen MR) is 73.3 cm³/mol. The molecule has 1 rings (SSSR count). The highest BCUT2D eigenvalue weighted by Crippen LogP contribution is 2.35. The Bertz CT molecular complexity index is 409. The van der Waals surface area contributed by atoms with Crippen LogP contribution in [0.2, 0.25) is 0 Å². The zero-order chi connectivity index (χ0) is 14.6. The van der Waals surface area contributed by atoms with E-state index in [1.165, 1.54) is 12.1 Å². The van der Waals surface area contributed by atoms with Crippen LogP contribution in [0.1, 0.15) is 37.8 Å². The summed E-state index contributed by atoms with van der Waals surface area (Å²) >= 11 is 0. The minimum Gasteiger partial charge on any atom is -0.385 e. The van der Waals surface area contributed by atoms with E-state index in [9.17, 15) is 13.9 Å². The molecule has 0 aliphatic carbocycles. The molecule has 0 bridgehead atoms. The minimum absolute atomic E-state index is 0.0403. The van der Waals surface area contributed by atoms with Gasteiger partial charge in [-0.05, 0) is 32.1 Å². The summed E-state index contributed by atoms with van der Waals surface area (Å²) in [4.78, 5) is 1.99. The van der Waals surface area contributed by atoms with Crippen molar-refractivity contribution in [3.63, 3.8) is 0 Å². The van der Waals surface area contributed by atoms with Gasteiger partial charge in [-0.1, -0.05) is 32.0 Å². The highest BCUT2D eigenvalue weighted by Gasteiger charge is 2.34. The Hall–Kier alpha value is -1.00. The fourth-order valence-corrected chi connectivity index (χ4v) is 2.48. The number of halogens is 2. The maximum Gasteiger partial charge on any atom is 0.263 e. The lowest BCUT2D eigenvalue weighted by Crippen LogP contribution is -2.38. The number of rotatable bonds is 6. The molecular weight excluding hydrogens is 248 g/mol. The van der Waals surface area contributed by atoms with Crippen molar-refractivity contribution in [2.24, 2.45) is 5.92 Å². The standard InChI is InChI=1S/C15H23F2NO/c1-5-15(19,11(2)10-18(3)4)13-8-6-7-12(9-13)14(16)17/h6-9,11,14,19H,5,10H2,1-4H3/t11-,15-/m1/s1. The van der Waals surface area contributed by atoms with Gasteiger partial charge in [-0.15, -0.1) is 0 Å². The summed E-state index contributed by atoms with van der Waals surface area (Å²) in [5.74, 6) is -0.0413. The SMILES string of the molecule is CC[C@](O)(c1cccc(C(F)F)c1)[C@H](C)CN(C)C. The van der Waals surface area contributed by atoms with Crippen LogP contribution in [0, 0.1) is 5.92 Å². The fourth-order valence-electron chi connectivity index (χ4n) is 2.48. The summed E-state index contributed by atoms with van der Waals surface area (Å²) in [6, 6.07) is 6.11. The molecule has 0 saturated carbocycles. The third-order valence-corrected chi connectivity index (χ3v) is 3.63. The van der Waals surface area contributed by atoms with Crippen molar-refractivity contribution in [2.75, 3.05) is 20.6 Å². The molecule has 19 heavy (non-hydrogen) atoms. The Morgan fingerprint density at radius 2 is 1.95 bits per heavy atom. The summed E-state index contributed by atoms with van der Waals surface area (Å²) in [5.41, 5.74) is -0.543. The zero-order valence-corrected chi connectivity index (χ0v) is 12.0. The van der Waals surface area contributed by atoms with Gasteiger partial charge < -0.3 is 10.0 Å². The first kappa shape index (κ1) is 16.1. The fraction of sp³-hybridized carbons (Fsp3) is 0.600. The third kappa shape index (κ3) is 3.74. The second kappa shape index (κ2) is 6.44. The Morgan fingerprint density at radius 3 is 2.42 bits per heavy atom. The minimum atomic E-state index is -2.51. The molecule has 2 nitrogen and oxygen atoms in total. The van der Waals surface area contributed by atoms with Gasteiger partial charge in [0.15, 0.2) is 0 Å². The van der Waals surface area contributed by atoms with E-state index in [1.54, 1.807) is 12.1 Å². The van der Waals surface area contributed by atoms with Gasteiger partial charge in [0.1, 0.15) is 0 Å². The number of nitrogens with zero attached hydrogens (tertiary/aromatic N) is 1. The molecule has 0 saturated heterocycles. The molecule has 1 N–H and O–H groups in total. The summed E-state index contributed by atoms with van der Waals surface area (Å²) in [6.07, 6.45) is -2.01. The van der Waals surface area contributed by atoms with Gasteiger partial charge in [0, 0.05) is 18.0 Å². The predicted octanol–water partition coefficient (Wildman–Crippen LogP) is 3.42. The Labute approximate surface area is 114 Å². The number of alkyl halides is 2. The number of hydrogen-bond donors (Lipinski definition) is 1. The van der Waals surface area contributed by atoms with Gasteiger partial charge in [0.25, 0.3) is 6.43 Å². The van der Waals surface area contributed by atoms with Crippen LogP contribution in [0.5, 0.6) is 0 Å². The van der Waals surface area contributed by atoms with Crippen LogP contribution in [0.4, 0.5) is 8.78 Å². The second-order valence-electron chi connectivity index (χ2n) is 5.37. The van der Waals surface area contributed by atoms with Crippen molar-refractivity contribution in [1.82, 2.24) is 4.90 Å². The highest BCUT2D eigenvalue weighted by atomic mass is 19.3. The van der Waals surface area contributed by atoms with Gasteiger partial charge in [-0.3, -0.25) is 0 Å². The molecule has 0 spiro atoms. The molecule has 0 unspecified atom stereocenters. The number of hydrogen-bond acceptors (Lipinski definition) is 2. The van der Waals surface area contributed by atoms with Gasteiger partial charge in [-0.2, -0.15) is 0 Å². The number of benzene rings is 1. The molecular formula is C15H23F2NO. The monoisotopic (exact) mass is 271 g/mol. The molecule has 0 fully saturated rings. The van der Waals surface area contributed by atoms with E-state index in [0.717, 1.165) is 0 Å². The van der Waals surface area contributed by atoms with Gasteiger partial charge >= 0.3 is 0 Å². The maximum atomic E-state index is 12.8. The molecule has 108 valence electrons. The molecule has 1 aromatic rings. The second-order valence-corrected chi connectivity index (χ2v) is 5.37. The van der Waals surface area contributed by atoms with E-state index in [0.29, 0.717) is 18.5 Å². The summed E-state index contributed by atoms with van der Waals surface area (Å²) in [7, 11) is 3.87. The Kier molecular flexibility index (Phi) is 5.44. The van der Waals surface area contributed by atoms with Crippen LogP contribution in [0.25, 0.3) is 0 Å². The first-order chi connectivity index (χ1) is 8.81. The van der Waals surface area contributed by atoms with E-state index in [2.05, 4.69) is 0 Å². The molecule has 0 radical (unpaired) electrons. The number of aliphatic hydroxyl groups is 1. The van der Waals surface area contributed by atoms with Crippen LogP contribution < -0.4 is 0 Å². The average molecular weight is 271 g/mol. The first-order valence-corrected chi connectivity index (χ1v) is 6.57. The largest absolute Gasteiger partial charge is 0.385 e. The highest BCUT2D eigenvalue weighted by molar-refractivity contribution is 5.29. The smallest absolute Gasteiger partial charge is 0.263 e. The van der Waals surface area contributed by atoms with Crippen molar-refractivity contribution < 1.29 is 13.9 Å².